The first-order valence-electron chi connectivity index (χ1n) is 11.5. The van der Waals surface area contributed by atoms with Crippen LogP contribution >= 0.6 is 34.8 Å². The molecular formula is C23H20Cl3F6N5O6S. The minimum atomic E-state index is -5.05. The van der Waals surface area contributed by atoms with E-state index in [4.69, 9.17) is 44.6 Å². The van der Waals surface area contributed by atoms with E-state index in [2.05, 4.69) is 19.7 Å². The van der Waals surface area contributed by atoms with Gasteiger partial charge >= 0.3 is 24.4 Å². The van der Waals surface area contributed by atoms with Crippen molar-refractivity contribution in [3.05, 3.63) is 68.4 Å². The summed E-state index contributed by atoms with van der Waals surface area (Å²) in [4.78, 5) is 19.6. The molecular weight excluding hydrogens is 695 g/mol. The Balaban J connectivity index is 0.000000378. The third-order valence-electron chi connectivity index (χ3n) is 4.73. The highest BCUT2D eigenvalue weighted by molar-refractivity contribution is 7.90. The smallest absolute Gasteiger partial charge is 0.451 e. The van der Waals surface area contributed by atoms with Crippen LogP contribution in [0.3, 0.4) is 0 Å². The first kappa shape index (κ1) is 37.0. The lowest BCUT2D eigenvalue weighted by Crippen LogP contribution is -2.36. The SMILES string of the molecule is CC(O)COCc1c(Cl)ccc(Cl)c1Cl.COc1nc(NC(=O)NS(=O)(=O)c2ccccc2C(F)(F)F)nc(C(F)(F)F)n1. The maximum absolute atomic E-state index is 13.0. The Labute approximate surface area is 260 Å². The van der Waals surface area contributed by atoms with E-state index in [0.29, 0.717) is 32.8 Å². The number of sulfonamides is 1. The van der Waals surface area contributed by atoms with Crippen molar-refractivity contribution in [3.63, 3.8) is 0 Å². The normalized spacial score (nSPS) is 12.5. The molecule has 0 aliphatic heterocycles. The molecule has 0 saturated carbocycles. The van der Waals surface area contributed by atoms with Crippen LogP contribution in [0.15, 0.2) is 41.3 Å². The number of alkyl halides is 6. The van der Waals surface area contributed by atoms with Crippen LogP contribution in [0.4, 0.5) is 37.1 Å². The third-order valence-corrected chi connectivity index (χ3v) is 7.32. The highest BCUT2D eigenvalue weighted by Crippen LogP contribution is 2.34. The van der Waals surface area contributed by atoms with Crippen molar-refractivity contribution in [1.82, 2.24) is 19.7 Å². The summed E-state index contributed by atoms with van der Waals surface area (Å²) >= 11 is 17.7. The van der Waals surface area contributed by atoms with Crippen molar-refractivity contribution in [1.29, 1.82) is 0 Å². The molecule has 0 saturated heterocycles. The van der Waals surface area contributed by atoms with Gasteiger partial charge in [0.05, 0.1) is 46.9 Å². The van der Waals surface area contributed by atoms with Gasteiger partial charge in [0.1, 0.15) is 0 Å². The number of urea groups is 1. The highest BCUT2D eigenvalue weighted by atomic mass is 35.5. The zero-order valence-corrected chi connectivity index (χ0v) is 25.2. The second-order valence-corrected chi connectivity index (χ2v) is 11.0. The molecule has 1 aromatic heterocycles. The number of halogens is 9. The van der Waals surface area contributed by atoms with E-state index in [9.17, 15) is 39.6 Å². The number of aromatic nitrogens is 3. The Bertz CT molecular complexity index is 1580. The largest absolute Gasteiger partial charge is 0.467 e. The fourth-order valence-corrected chi connectivity index (χ4v) is 4.70. The fraction of sp³-hybridized carbons (Fsp3) is 0.304. The average molecular weight is 715 g/mol. The summed E-state index contributed by atoms with van der Waals surface area (Å²) in [6.07, 6.45) is -10.6. The molecule has 44 heavy (non-hydrogen) atoms. The van der Waals surface area contributed by atoms with Crippen molar-refractivity contribution in [2.75, 3.05) is 19.0 Å². The molecule has 0 spiro atoms. The Kier molecular flexibility index (Phi) is 12.8. The molecule has 0 bridgehead atoms. The zero-order valence-electron chi connectivity index (χ0n) is 22.1. The number of hydrogen-bond acceptors (Lipinski definition) is 9. The van der Waals surface area contributed by atoms with Crippen molar-refractivity contribution >= 4 is 56.8 Å². The Hall–Kier alpha value is -3.16. The van der Waals surface area contributed by atoms with Crippen LogP contribution in [0.1, 0.15) is 23.9 Å². The molecule has 11 nitrogen and oxygen atoms in total. The van der Waals surface area contributed by atoms with Crippen LogP contribution in [-0.4, -0.2) is 54.3 Å². The summed E-state index contributed by atoms with van der Waals surface area (Å²) in [6, 6.07) is 3.69. The number of rotatable bonds is 8. The summed E-state index contributed by atoms with van der Waals surface area (Å²) in [5.74, 6) is -2.81. The summed E-state index contributed by atoms with van der Waals surface area (Å²) in [6.45, 7) is 2.11. The number of methoxy groups -OCH3 is 1. The minimum Gasteiger partial charge on any atom is -0.467 e. The van der Waals surface area contributed by atoms with Gasteiger partial charge in [-0.2, -0.15) is 41.3 Å². The van der Waals surface area contributed by atoms with Crippen LogP contribution in [0, 0.1) is 0 Å². The average Bonchev–Trinajstić information content (AvgIpc) is 2.91. The maximum Gasteiger partial charge on any atom is 0.451 e. The van der Waals surface area contributed by atoms with Crippen molar-refractivity contribution in [2.24, 2.45) is 0 Å². The number of ether oxygens (including phenoxy) is 2. The number of amides is 2. The molecule has 0 fully saturated rings. The summed E-state index contributed by atoms with van der Waals surface area (Å²) in [5, 5.41) is 11.9. The second kappa shape index (κ2) is 15.2. The van der Waals surface area contributed by atoms with E-state index in [1.54, 1.807) is 24.4 Å². The molecule has 1 atom stereocenters. The third kappa shape index (κ3) is 10.8. The molecule has 21 heteroatoms. The van der Waals surface area contributed by atoms with Crippen LogP contribution in [-0.2, 0) is 33.7 Å². The molecule has 3 N–H and O–H groups in total. The zero-order chi connectivity index (χ0) is 33.5. The molecule has 2 aromatic carbocycles. The quantitative estimate of drug-likeness (QED) is 0.189. The van der Waals surface area contributed by atoms with E-state index >= 15 is 0 Å². The molecule has 3 aromatic rings. The molecule has 0 aliphatic rings. The van der Waals surface area contributed by atoms with Gasteiger partial charge in [-0.25, -0.2) is 17.9 Å². The van der Waals surface area contributed by atoms with Crippen LogP contribution in [0.2, 0.25) is 15.1 Å². The molecule has 0 aliphatic carbocycles. The molecule has 3 rings (SSSR count). The highest BCUT2D eigenvalue weighted by Gasteiger charge is 2.38. The van der Waals surface area contributed by atoms with Gasteiger partial charge in [-0.1, -0.05) is 46.9 Å². The maximum atomic E-state index is 13.0. The van der Waals surface area contributed by atoms with Gasteiger partial charge < -0.3 is 14.6 Å². The molecule has 1 heterocycles. The predicted molar refractivity (Wildman–Crippen MR) is 145 cm³/mol. The van der Waals surface area contributed by atoms with Gasteiger partial charge in [-0.3, -0.25) is 5.32 Å². The number of benzene rings is 2. The lowest BCUT2D eigenvalue weighted by Gasteiger charge is -2.14. The summed E-state index contributed by atoms with van der Waals surface area (Å²) in [7, 11) is -4.14. The molecule has 1 unspecified atom stereocenters. The van der Waals surface area contributed by atoms with E-state index in [0.717, 1.165) is 19.2 Å². The number of anilines is 1. The lowest BCUT2D eigenvalue weighted by molar-refractivity contribution is -0.145. The number of aliphatic hydroxyl groups is 1. The van der Waals surface area contributed by atoms with Gasteiger partial charge in [-0.05, 0) is 31.2 Å². The number of carbonyl (C=O) groups is 1. The second-order valence-electron chi connectivity index (χ2n) is 8.21. The Morgan fingerprint density at radius 1 is 0.977 bits per heavy atom. The number of hydrogen-bond donors (Lipinski definition) is 3. The molecule has 0 radical (unpaired) electrons. The summed E-state index contributed by atoms with van der Waals surface area (Å²) < 4.78 is 112. The van der Waals surface area contributed by atoms with E-state index in [1.807, 2.05) is 0 Å². The lowest BCUT2D eigenvalue weighted by atomic mass is 10.2. The molecule has 242 valence electrons. The van der Waals surface area contributed by atoms with Gasteiger partial charge in [-0.15, -0.1) is 0 Å². The van der Waals surface area contributed by atoms with E-state index < -0.39 is 62.8 Å². The topological polar surface area (TPSA) is 153 Å². The standard InChI is InChI=1S/C13H9F6N5O4S.C10H11Cl3O2/c1-28-11-21-8(13(17,18)19)20-9(23-11)22-10(25)24-29(26,27)7-5-3-2-4-6(7)12(14,15)16;1-6(14)4-15-5-7-8(11)2-3-9(12)10(7)13/h2-5H,1H3,(H2,20,21,22,23,24,25);2-3,6,14H,4-5H2,1H3. The fourth-order valence-electron chi connectivity index (χ4n) is 2.90. The van der Waals surface area contributed by atoms with Gasteiger partial charge in [0.25, 0.3) is 10.0 Å². The van der Waals surface area contributed by atoms with Crippen LogP contribution in [0.5, 0.6) is 6.01 Å². The number of nitrogens with one attached hydrogen (secondary N) is 2. The summed E-state index contributed by atoms with van der Waals surface area (Å²) in [5.41, 5.74) is -0.909. The number of carbonyl (C=O) groups excluding carboxylic acids is 1. The monoisotopic (exact) mass is 713 g/mol. The number of nitrogens with zero attached hydrogens (tertiary/aromatic N) is 3. The van der Waals surface area contributed by atoms with Gasteiger partial charge in [0.2, 0.25) is 11.8 Å². The van der Waals surface area contributed by atoms with Gasteiger partial charge in [0.15, 0.2) is 0 Å². The Morgan fingerprint density at radius 3 is 2.16 bits per heavy atom. The van der Waals surface area contributed by atoms with Gasteiger partial charge in [0, 0.05) is 10.6 Å². The minimum absolute atomic E-state index is 0.235. The van der Waals surface area contributed by atoms with E-state index in [1.165, 1.54) is 4.72 Å². The van der Waals surface area contributed by atoms with Crippen LogP contribution < -0.4 is 14.8 Å². The van der Waals surface area contributed by atoms with Crippen molar-refractivity contribution < 1.29 is 54.1 Å². The van der Waals surface area contributed by atoms with Crippen LogP contribution in [0.25, 0.3) is 0 Å². The number of aliphatic hydroxyl groups excluding tert-OH is 1. The van der Waals surface area contributed by atoms with Crippen molar-refractivity contribution in [2.45, 2.75) is 36.9 Å². The predicted octanol–water partition coefficient (Wildman–Crippen LogP) is 5.97. The Morgan fingerprint density at radius 2 is 1.59 bits per heavy atom. The van der Waals surface area contributed by atoms with E-state index in [-0.39, 0.29) is 13.2 Å². The molecule has 2 amide bonds. The van der Waals surface area contributed by atoms with Crippen molar-refractivity contribution in [3.8, 4) is 6.01 Å². The first-order chi connectivity index (χ1) is 20.3. The first-order valence-corrected chi connectivity index (χ1v) is 14.1.